The molecular formula is C17H27N3O4. The van der Waals surface area contributed by atoms with Crippen molar-refractivity contribution < 1.29 is 19.2 Å². The van der Waals surface area contributed by atoms with Gasteiger partial charge < -0.3 is 16.0 Å². The van der Waals surface area contributed by atoms with Gasteiger partial charge in [-0.2, -0.15) is 0 Å². The van der Waals surface area contributed by atoms with Crippen LogP contribution in [0, 0.1) is 5.41 Å². The maximum Gasteiger partial charge on any atom is 0.287 e. The van der Waals surface area contributed by atoms with Gasteiger partial charge >= 0.3 is 0 Å². The fraction of sp³-hybridized carbons (Fsp3) is 0.529. The van der Waals surface area contributed by atoms with E-state index in [9.17, 15) is 19.2 Å². The number of amides is 3. The van der Waals surface area contributed by atoms with Crippen molar-refractivity contribution in [2.75, 3.05) is 19.6 Å². The zero-order valence-corrected chi connectivity index (χ0v) is 14.9. The summed E-state index contributed by atoms with van der Waals surface area (Å²) in [5.74, 6) is -1.92. The van der Waals surface area contributed by atoms with Crippen molar-refractivity contribution in [3.63, 3.8) is 0 Å². The zero-order valence-electron chi connectivity index (χ0n) is 14.9. The molecule has 0 atom stereocenters. The average Bonchev–Trinajstić information content (AvgIpc) is 2.53. The molecule has 0 aromatic rings. The fourth-order valence-corrected chi connectivity index (χ4v) is 1.79. The van der Waals surface area contributed by atoms with Crippen LogP contribution < -0.4 is 16.0 Å². The lowest BCUT2D eigenvalue weighted by atomic mass is 9.84. The summed E-state index contributed by atoms with van der Waals surface area (Å²) in [5, 5.41) is 8.01. The van der Waals surface area contributed by atoms with Crippen molar-refractivity contribution in [3.05, 3.63) is 24.3 Å². The third kappa shape index (κ3) is 7.21. The minimum atomic E-state index is -0.703. The van der Waals surface area contributed by atoms with Crippen LogP contribution in [0.5, 0.6) is 0 Å². The van der Waals surface area contributed by atoms with Gasteiger partial charge in [0.25, 0.3) is 5.91 Å². The Hall–Kier alpha value is -2.44. The van der Waals surface area contributed by atoms with E-state index in [0.29, 0.717) is 17.6 Å². The van der Waals surface area contributed by atoms with Crippen LogP contribution in [0.3, 0.4) is 0 Å². The van der Waals surface area contributed by atoms with Gasteiger partial charge in [-0.1, -0.05) is 20.1 Å². The first-order valence-electron chi connectivity index (χ1n) is 7.71. The van der Waals surface area contributed by atoms with Gasteiger partial charge in [-0.15, -0.1) is 0 Å². The summed E-state index contributed by atoms with van der Waals surface area (Å²) in [4.78, 5) is 46.1. The quantitative estimate of drug-likeness (QED) is 0.398. The van der Waals surface area contributed by atoms with Gasteiger partial charge in [0.15, 0.2) is 0 Å². The maximum atomic E-state index is 11.7. The highest BCUT2D eigenvalue weighted by molar-refractivity contribution is 6.35. The second-order valence-electron chi connectivity index (χ2n) is 6.02. The Balaban J connectivity index is 5.11. The van der Waals surface area contributed by atoms with Gasteiger partial charge in [-0.05, 0) is 20.3 Å². The standard InChI is InChI=1S/C17H27N3O4/c1-7-17(8-18-14(22)11(2)3,9-19-15(23)12(4)5)10-20-16(24)13(6)21/h2,4,7-10H2,1,3,5-6H3,(H,18,22)(H,19,23)(H,20,24). The van der Waals surface area contributed by atoms with Gasteiger partial charge in [-0.25, -0.2) is 0 Å². The fourth-order valence-electron chi connectivity index (χ4n) is 1.79. The summed E-state index contributed by atoms with van der Waals surface area (Å²) in [5.41, 5.74) is 0.0823. The van der Waals surface area contributed by atoms with Gasteiger partial charge in [0, 0.05) is 43.1 Å². The molecule has 0 heterocycles. The molecule has 0 aliphatic rings. The molecule has 0 aromatic carbocycles. The minimum Gasteiger partial charge on any atom is -0.352 e. The molecule has 0 radical (unpaired) electrons. The molecule has 3 amide bonds. The molecule has 24 heavy (non-hydrogen) atoms. The second-order valence-corrected chi connectivity index (χ2v) is 6.02. The molecule has 0 fully saturated rings. The number of carbonyl (C=O) groups is 4. The first kappa shape index (κ1) is 21.6. The van der Waals surface area contributed by atoms with E-state index in [0.717, 1.165) is 0 Å². The summed E-state index contributed by atoms with van der Waals surface area (Å²) < 4.78 is 0. The summed E-state index contributed by atoms with van der Waals surface area (Å²) in [7, 11) is 0. The van der Waals surface area contributed by atoms with Crippen molar-refractivity contribution in [1.29, 1.82) is 0 Å². The highest BCUT2D eigenvalue weighted by atomic mass is 16.2. The van der Waals surface area contributed by atoms with E-state index in [1.54, 1.807) is 13.8 Å². The van der Waals surface area contributed by atoms with Gasteiger partial charge in [0.05, 0.1) is 0 Å². The second kappa shape index (κ2) is 9.64. The van der Waals surface area contributed by atoms with Crippen molar-refractivity contribution in [1.82, 2.24) is 16.0 Å². The van der Waals surface area contributed by atoms with Crippen LogP contribution >= 0.6 is 0 Å². The Kier molecular flexibility index (Phi) is 8.66. The highest BCUT2D eigenvalue weighted by Gasteiger charge is 2.30. The molecule has 7 heteroatoms. The van der Waals surface area contributed by atoms with Crippen LogP contribution in [0.15, 0.2) is 24.3 Å². The molecule has 3 N–H and O–H groups in total. The zero-order chi connectivity index (χ0) is 18.9. The molecule has 0 aliphatic heterocycles. The summed E-state index contributed by atoms with van der Waals surface area (Å²) >= 11 is 0. The number of carbonyl (C=O) groups excluding carboxylic acids is 4. The summed E-state index contributed by atoms with van der Waals surface area (Å²) in [6.07, 6.45) is 0.554. The molecule has 0 aliphatic carbocycles. The van der Waals surface area contributed by atoms with E-state index in [2.05, 4.69) is 29.1 Å². The Morgan fingerprint density at radius 1 is 0.750 bits per heavy atom. The Bertz CT molecular complexity index is 478. The number of nitrogens with one attached hydrogen (secondary N) is 3. The van der Waals surface area contributed by atoms with Crippen LogP contribution in [0.4, 0.5) is 0 Å². The van der Waals surface area contributed by atoms with Crippen LogP contribution in [-0.2, 0) is 19.2 Å². The number of ketones is 1. The van der Waals surface area contributed by atoms with E-state index < -0.39 is 17.1 Å². The monoisotopic (exact) mass is 337 g/mol. The minimum absolute atomic E-state index is 0.134. The van der Waals surface area contributed by atoms with Crippen molar-refractivity contribution in [3.8, 4) is 0 Å². The predicted molar refractivity (Wildman–Crippen MR) is 92.1 cm³/mol. The van der Waals surface area contributed by atoms with Gasteiger partial charge in [0.1, 0.15) is 0 Å². The third-order valence-corrected chi connectivity index (χ3v) is 3.72. The number of hydrogen-bond acceptors (Lipinski definition) is 4. The van der Waals surface area contributed by atoms with Crippen molar-refractivity contribution in [2.45, 2.75) is 34.1 Å². The van der Waals surface area contributed by atoms with E-state index >= 15 is 0 Å². The van der Waals surface area contributed by atoms with Crippen molar-refractivity contribution in [2.24, 2.45) is 5.41 Å². The van der Waals surface area contributed by atoms with Gasteiger partial charge in [0.2, 0.25) is 17.6 Å². The average molecular weight is 337 g/mol. The van der Waals surface area contributed by atoms with E-state index in [1.807, 2.05) is 6.92 Å². The predicted octanol–water partition coefficient (Wildman–Crippen LogP) is 0.473. The molecule has 0 saturated heterocycles. The Morgan fingerprint density at radius 2 is 1.08 bits per heavy atom. The maximum absolute atomic E-state index is 11.7. The smallest absolute Gasteiger partial charge is 0.287 e. The van der Waals surface area contributed by atoms with Crippen LogP contribution in [0.2, 0.25) is 0 Å². The molecule has 7 nitrogen and oxygen atoms in total. The lowest BCUT2D eigenvalue weighted by molar-refractivity contribution is -0.137. The molecular weight excluding hydrogens is 310 g/mol. The third-order valence-electron chi connectivity index (χ3n) is 3.72. The highest BCUT2D eigenvalue weighted by Crippen LogP contribution is 2.19. The molecule has 0 bridgehead atoms. The van der Waals surface area contributed by atoms with Crippen molar-refractivity contribution >= 4 is 23.5 Å². The SMILES string of the molecule is C=C(C)C(=O)NCC(CC)(CNC(=O)C(=C)C)CNC(=O)C(C)=O. The Labute approximate surface area is 142 Å². The molecule has 0 unspecified atom stereocenters. The number of hydrogen-bond donors (Lipinski definition) is 3. The lowest BCUT2D eigenvalue weighted by Crippen LogP contribution is -2.52. The van der Waals surface area contributed by atoms with Crippen LogP contribution in [0.1, 0.15) is 34.1 Å². The normalized spacial score (nSPS) is 10.5. The molecule has 0 spiro atoms. The van der Waals surface area contributed by atoms with Gasteiger partial charge in [-0.3, -0.25) is 19.2 Å². The first-order chi connectivity index (χ1) is 11.0. The van der Waals surface area contributed by atoms with E-state index in [1.165, 1.54) is 6.92 Å². The summed E-state index contributed by atoms with van der Waals surface area (Å²) in [6.45, 7) is 13.9. The largest absolute Gasteiger partial charge is 0.352 e. The van der Waals surface area contributed by atoms with E-state index in [4.69, 9.17) is 0 Å². The lowest BCUT2D eigenvalue weighted by Gasteiger charge is -2.33. The molecule has 0 rings (SSSR count). The summed E-state index contributed by atoms with van der Waals surface area (Å²) in [6, 6.07) is 0. The number of Topliss-reactive ketones (excluding diaryl/α,β-unsaturated/α-hetero) is 1. The Morgan fingerprint density at radius 3 is 1.33 bits per heavy atom. The molecule has 0 saturated carbocycles. The molecule has 0 aromatic heterocycles. The van der Waals surface area contributed by atoms with Crippen LogP contribution in [-0.4, -0.2) is 43.1 Å². The van der Waals surface area contributed by atoms with Crippen LogP contribution in [0.25, 0.3) is 0 Å². The number of rotatable bonds is 10. The molecule has 134 valence electrons. The van der Waals surface area contributed by atoms with E-state index in [-0.39, 0.29) is 31.4 Å². The topological polar surface area (TPSA) is 104 Å². The first-order valence-corrected chi connectivity index (χ1v) is 7.71.